The molecule has 1 aliphatic carbocycles. The molecule has 1 heterocycles. The molecule has 0 spiro atoms. The highest BCUT2D eigenvalue weighted by Gasteiger charge is 2.34. The Hall–Kier alpha value is -0.0800. The summed E-state index contributed by atoms with van der Waals surface area (Å²) in [5.41, 5.74) is 0. The summed E-state index contributed by atoms with van der Waals surface area (Å²) in [7, 11) is 0. The minimum atomic E-state index is 0.481. The third kappa shape index (κ3) is 2.98. The molecule has 3 unspecified atom stereocenters. The first-order valence-electron chi connectivity index (χ1n) is 7.16. The van der Waals surface area contributed by atoms with Crippen LogP contribution in [0.15, 0.2) is 0 Å². The van der Waals surface area contributed by atoms with E-state index in [1.54, 1.807) is 0 Å². The summed E-state index contributed by atoms with van der Waals surface area (Å²) in [6, 6.07) is 0.718. The van der Waals surface area contributed by atoms with Crippen LogP contribution in [-0.2, 0) is 4.74 Å². The molecule has 0 radical (unpaired) electrons. The molecular weight excluding hydrogens is 198 g/mol. The van der Waals surface area contributed by atoms with Gasteiger partial charge in [0.05, 0.1) is 12.7 Å². The molecule has 1 saturated heterocycles. The summed E-state index contributed by atoms with van der Waals surface area (Å²) in [4.78, 5) is 0. The van der Waals surface area contributed by atoms with E-state index in [1.807, 2.05) is 0 Å². The second-order valence-electron chi connectivity index (χ2n) is 5.62. The fraction of sp³-hybridized carbons (Fsp3) is 1.00. The molecule has 0 aromatic carbocycles. The molecule has 2 nitrogen and oxygen atoms in total. The fourth-order valence-corrected chi connectivity index (χ4v) is 3.55. The minimum absolute atomic E-state index is 0.481. The Balaban J connectivity index is 1.92. The van der Waals surface area contributed by atoms with Crippen LogP contribution in [0.3, 0.4) is 0 Å². The molecule has 2 aliphatic rings. The zero-order chi connectivity index (χ0) is 11.4. The van der Waals surface area contributed by atoms with Crippen LogP contribution in [0.5, 0.6) is 0 Å². The zero-order valence-electron chi connectivity index (χ0n) is 10.9. The summed E-state index contributed by atoms with van der Waals surface area (Å²) in [6.07, 6.45) is 8.94. The summed E-state index contributed by atoms with van der Waals surface area (Å²) < 4.78 is 5.74. The van der Waals surface area contributed by atoms with E-state index in [-0.39, 0.29) is 0 Å². The number of hydrogen-bond acceptors (Lipinski definition) is 2. The quantitative estimate of drug-likeness (QED) is 0.794. The van der Waals surface area contributed by atoms with Crippen molar-refractivity contribution >= 4 is 0 Å². The van der Waals surface area contributed by atoms with Crippen LogP contribution in [0.2, 0.25) is 0 Å². The topological polar surface area (TPSA) is 21.3 Å². The highest BCUT2D eigenvalue weighted by molar-refractivity contribution is 4.88. The molecule has 1 aliphatic heterocycles. The minimum Gasteiger partial charge on any atom is -0.378 e. The molecule has 2 rings (SSSR count). The van der Waals surface area contributed by atoms with Gasteiger partial charge in [0.1, 0.15) is 0 Å². The van der Waals surface area contributed by atoms with Crippen LogP contribution < -0.4 is 5.32 Å². The van der Waals surface area contributed by atoms with Gasteiger partial charge in [-0.2, -0.15) is 0 Å². The standard InChI is InChI=1S/C14H27NO/c1-3-15-14(12-7-5-4-6-8-12)13-9-11(2)16-10-13/h11-15H,3-10H2,1-2H3. The highest BCUT2D eigenvalue weighted by Crippen LogP contribution is 2.33. The Morgan fingerprint density at radius 1 is 1.19 bits per heavy atom. The Bertz CT molecular complexity index is 196. The molecule has 3 atom stereocenters. The lowest BCUT2D eigenvalue weighted by Gasteiger charge is -2.34. The highest BCUT2D eigenvalue weighted by atomic mass is 16.5. The number of nitrogens with one attached hydrogen (secondary N) is 1. The van der Waals surface area contributed by atoms with Crippen LogP contribution in [0, 0.1) is 11.8 Å². The van der Waals surface area contributed by atoms with Gasteiger partial charge in [0.2, 0.25) is 0 Å². The van der Waals surface area contributed by atoms with Crippen molar-refractivity contribution in [3.63, 3.8) is 0 Å². The largest absolute Gasteiger partial charge is 0.378 e. The lowest BCUT2D eigenvalue weighted by molar-refractivity contribution is 0.111. The van der Waals surface area contributed by atoms with Crippen molar-refractivity contribution in [3.05, 3.63) is 0 Å². The van der Waals surface area contributed by atoms with Crippen molar-refractivity contribution in [2.45, 2.75) is 64.5 Å². The van der Waals surface area contributed by atoms with Gasteiger partial charge < -0.3 is 10.1 Å². The molecule has 2 fully saturated rings. The first-order chi connectivity index (χ1) is 7.81. The number of hydrogen-bond donors (Lipinski definition) is 1. The Kier molecular flexibility index (Phi) is 4.66. The van der Waals surface area contributed by atoms with Crippen molar-refractivity contribution < 1.29 is 4.74 Å². The first kappa shape index (κ1) is 12.4. The predicted molar refractivity (Wildman–Crippen MR) is 67.6 cm³/mol. The normalized spacial score (nSPS) is 34.1. The van der Waals surface area contributed by atoms with E-state index in [4.69, 9.17) is 4.74 Å². The summed E-state index contributed by atoms with van der Waals surface area (Å²) in [5.74, 6) is 1.67. The van der Waals surface area contributed by atoms with Crippen molar-refractivity contribution in [2.24, 2.45) is 11.8 Å². The van der Waals surface area contributed by atoms with Gasteiger partial charge in [0, 0.05) is 12.0 Å². The van der Waals surface area contributed by atoms with E-state index in [0.29, 0.717) is 6.10 Å². The van der Waals surface area contributed by atoms with Gasteiger partial charge in [-0.05, 0) is 38.6 Å². The number of rotatable bonds is 4. The first-order valence-corrected chi connectivity index (χ1v) is 7.16. The smallest absolute Gasteiger partial charge is 0.0551 e. The van der Waals surface area contributed by atoms with Crippen molar-refractivity contribution in [3.8, 4) is 0 Å². The van der Waals surface area contributed by atoms with Crippen LogP contribution in [0.1, 0.15) is 52.4 Å². The molecule has 0 amide bonds. The van der Waals surface area contributed by atoms with Gasteiger partial charge in [0.25, 0.3) is 0 Å². The number of ether oxygens (including phenoxy) is 1. The maximum absolute atomic E-state index is 5.74. The van der Waals surface area contributed by atoms with Gasteiger partial charge in [0.15, 0.2) is 0 Å². The van der Waals surface area contributed by atoms with E-state index < -0.39 is 0 Å². The Morgan fingerprint density at radius 3 is 2.50 bits per heavy atom. The van der Waals surface area contributed by atoms with Crippen LogP contribution in [0.4, 0.5) is 0 Å². The average Bonchev–Trinajstić information content (AvgIpc) is 2.74. The molecule has 2 heteroatoms. The fourth-order valence-electron chi connectivity index (χ4n) is 3.55. The van der Waals surface area contributed by atoms with Crippen molar-refractivity contribution in [2.75, 3.05) is 13.2 Å². The molecule has 0 aromatic heterocycles. The van der Waals surface area contributed by atoms with Gasteiger partial charge in [-0.3, -0.25) is 0 Å². The monoisotopic (exact) mass is 225 g/mol. The summed E-state index contributed by atoms with van der Waals surface area (Å²) in [6.45, 7) is 6.53. The van der Waals surface area contributed by atoms with Crippen molar-refractivity contribution in [1.29, 1.82) is 0 Å². The van der Waals surface area contributed by atoms with E-state index >= 15 is 0 Å². The van der Waals surface area contributed by atoms with Gasteiger partial charge >= 0.3 is 0 Å². The SMILES string of the molecule is CCNC(C1CCCCC1)C1COC(C)C1. The van der Waals surface area contributed by atoms with Gasteiger partial charge in [-0.1, -0.05) is 26.2 Å². The molecule has 0 aromatic rings. The second-order valence-corrected chi connectivity index (χ2v) is 5.62. The molecular formula is C14H27NO. The molecule has 94 valence electrons. The van der Waals surface area contributed by atoms with Crippen LogP contribution in [-0.4, -0.2) is 25.3 Å². The molecule has 1 N–H and O–H groups in total. The van der Waals surface area contributed by atoms with Gasteiger partial charge in [-0.25, -0.2) is 0 Å². The maximum atomic E-state index is 5.74. The van der Waals surface area contributed by atoms with E-state index in [9.17, 15) is 0 Å². The lowest BCUT2D eigenvalue weighted by Crippen LogP contribution is -2.43. The van der Waals surface area contributed by atoms with E-state index in [2.05, 4.69) is 19.2 Å². The lowest BCUT2D eigenvalue weighted by atomic mass is 9.78. The van der Waals surface area contributed by atoms with Crippen LogP contribution in [0.25, 0.3) is 0 Å². The third-order valence-corrected chi connectivity index (χ3v) is 4.33. The predicted octanol–water partition coefficient (Wildman–Crippen LogP) is 2.97. The average molecular weight is 225 g/mol. The van der Waals surface area contributed by atoms with Crippen molar-refractivity contribution in [1.82, 2.24) is 5.32 Å². The Labute approximate surface area is 100 Å². The third-order valence-electron chi connectivity index (χ3n) is 4.33. The molecule has 16 heavy (non-hydrogen) atoms. The molecule has 1 saturated carbocycles. The molecule has 0 bridgehead atoms. The second kappa shape index (κ2) is 6.02. The summed E-state index contributed by atoms with van der Waals surface area (Å²) in [5, 5.41) is 3.73. The van der Waals surface area contributed by atoms with Gasteiger partial charge in [-0.15, -0.1) is 0 Å². The van der Waals surface area contributed by atoms with Crippen LogP contribution >= 0.6 is 0 Å². The summed E-state index contributed by atoms with van der Waals surface area (Å²) >= 11 is 0. The van der Waals surface area contributed by atoms with E-state index in [0.717, 1.165) is 31.0 Å². The maximum Gasteiger partial charge on any atom is 0.0551 e. The Morgan fingerprint density at radius 2 is 1.94 bits per heavy atom. The zero-order valence-corrected chi connectivity index (χ0v) is 10.9. The van der Waals surface area contributed by atoms with E-state index in [1.165, 1.54) is 38.5 Å².